The van der Waals surface area contributed by atoms with Crippen LogP contribution in [0.3, 0.4) is 0 Å². The first-order chi connectivity index (χ1) is 9.11. The van der Waals surface area contributed by atoms with Crippen LogP contribution in [0.2, 0.25) is 0 Å². The first-order valence-corrected chi connectivity index (χ1v) is 6.89. The second-order valence-corrected chi connectivity index (χ2v) is 5.36. The van der Waals surface area contributed by atoms with Crippen molar-refractivity contribution in [1.82, 2.24) is 4.90 Å². The average Bonchev–Trinajstić information content (AvgIpc) is 2.86. The van der Waals surface area contributed by atoms with E-state index in [1.807, 2.05) is 6.07 Å². The Morgan fingerprint density at radius 1 is 1.47 bits per heavy atom. The maximum atomic E-state index is 12.0. The summed E-state index contributed by atoms with van der Waals surface area (Å²) < 4.78 is 0.826. The Balaban J connectivity index is 2.01. The van der Waals surface area contributed by atoms with Gasteiger partial charge >= 0.3 is 11.8 Å². The van der Waals surface area contributed by atoms with Crippen molar-refractivity contribution in [2.24, 2.45) is 0 Å². The van der Waals surface area contributed by atoms with Gasteiger partial charge in [0.25, 0.3) is 0 Å². The number of nitrogens with one attached hydrogen (secondary N) is 1. The van der Waals surface area contributed by atoms with Crippen LogP contribution >= 0.6 is 15.9 Å². The number of aliphatic hydroxyl groups is 1. The summed E-state index contributed by atoms with van der Waals surface area (Å²) >= 11 is 3.30. The van der Waals surface area contributed by atoms with Gasteiger partial charge in [0.15, 0.2) is 0 Å². The maximum Gasteiger partial charge on any atom is 0.313 e. The molecule has 6 heteroatoms. The number of hydrogen-bond acceptors (Lipinski definition) is 3. The Morgan fingerprint density at radius 2 is 2.26 bits per heavy atom. The summed E-state index contributed by atoms with van der Waals surface area (Å²) in [6.45, 7) is 0.422. The molecule has 1 heterocycles. The highest BCUT2D eigenvalue weighted by atomic mass is 79.9. The predicted molar refractivity (Wildman–Crippen MR) is 74.6 cm³/mol. The van der Waals surface area contributed by atoms with Crippen molar-refractivity contribution in [3.8, 4) is 0 Å². The smallest absolute Gasteiger partial charge is 0.313 e. The lowest BCUT2D eigenvalue weighted by Crippen LogP contribution is -2.43. The van der Waals surface area contributed by atoms with Crippen LogP contribution < -0.4 is 5.32 Å². The first kappa shape index (κ1) is 14.0. The predicted octanol–water partition coefficient (Wildman–Crippen LogP) is 1.37. The average molecular weight is 327 g/mol. The van der Waals surface area contributed by atoms with E-state index in [-0.39, 0.29) is 12.6 Å². The van der Waals surface area contributed by atoms with Gasteiger partial charge in [-0.05, 0) is 31.0 Å². The molecule has 1 aliphatic rings. The molecule has 19 heavy (non-hydrogen) atoms. The number of amides is 2. The standard InChI is InChI=1S/C13H15BrN2O3/c14-9-3-1-4-10(7-9)15-12(18)13(19)16-6-2-5-11(16)8-17/h1,3-4,7,11,17H,2,5-6,8H2,(H,15,18)/t11-/m1/s1. The minimum absolute atomic E-state index is 0.101. The van der Waals surface area contributed by atoms with E-state index in [0.29, 0.717) is 12.2 Å². The van der Waals surface area contributed by atoms with E-state index in [1.54, 1.807) is 18.2 Å². The molecule has 1 aromatic rings. The van der Waals surface area contributed by atoms with Crippen LogP contribution in [0.1, 0.15) is 12.8 Å². The Kier molecular flexibility index (Phi) is 4.55. The number of carbonyl (C=O) groups is 2. The number of carbonyl (C=O) groups excluding carboxylic acids is 2. The molecule has 1 aliphatic heterocycles. The van der Waals surface area contributed by atoms with Gasteiger partial charge in [0.1, 0.15) is 0 Å². The van der Waals surface area contributed by atoms with Crippen molar-refractivity contribution < 1.29 is 14.7 Å². The molecule has 1 atom stereocenters. The molecule has 2 N–H and O–H groups in total. The molecular weight excluding hydrogens is 312 g/mol. The normalized spacial score (nSPS) is 18.4. The van der Waals surface area contributed by atoms with Gasteiger partial charge in [0.2, 0.25) is 0 Å². The molecule has 2 rings (SSSR count). The van der Waals surface area contributed by atoms with Gasteiger partial charge in [0, 0.05) is 16.7 Å². The highest BCUT2D eigenvalue weighted by Gasteiger charge is 2.31. The summed E-state index contributed by atoms with van der Waals surface area (Å²) in [4.78, 5) is 25.3. The van der Waals surface area contributed by atoms with Crippen LogP contribution in [0.5, 0.6) is 0 Å². The van der Waals surface area contributed by atoms with Crippen molar-refractivity contribution >= 4 is 33.4 Å². The molecule has 0 saturated carbocycles. The number of aliphatic hydroxyl groups excluding tert-OH is 1. The number of halogens is 1. The van der Waals surface area contributed by atoms with Crippen molar-refractivity contribution in [1.29, 1.82) is 0 Å². The van der Waals surface area contributed by atoms with E-state index in [0.717, 1.165) is 17.3 Å². The zero-order valence-corrected chi connectivity index (χ0v) is 11.9. The zero-order valence-electron chi connectivity index (χ0n) is 10.3. The van der Waals surface area contributed by atoms with Crippen LogP contribution in [0, 0.1) is 0 Å². The van der Waals surface area contributed by atoms with E-state index in [9.17, 15) is 9.59 Å². The number of anilines is 1. The molecule has 1 saturated heterocycles. The Labute approximate surface area is 119 Å². The SMILES string of the molecule is O=C(Nc1cccc(Br)c1)C(=O)N1CCC[C@@H]1CO. The fourth-order valence-electron chi connectivity index (χ4n) is 2.17. The second-order valence-electron chi connectivity index (χ2n) is 4.44. The van der Waals surface area contributed by atoms with Crippen LogP contribution in [0.15, 0.2) is 28.7 Å². The van der Waals surface area contributed by atoms with Crippen molar-refractivity contribution in [3.63, 3.8) is 0 Å². The first-order valence-electron chi connectivity index (χ1n) is 6.10. The summed E-state index contributed by atoms with van der Waals surface area (Å²) in [7, 11) is 0. The molecule has 5 nitrogen and oxygen atoms in total. The summed E-state index contributed by atoms with van der Waals surface area (Å²) in [5.74, 6) is -1.25. The summed E-state index contributed by atoms with van der Waals surface area (Å²) in [6.07, 6.45) is 1.56. The lowest BCUT2D eigenvalue weighted by Gasteiger charge is -2.22. The molecule has 0 unspecified atom stereocenters. The maximum absolute atomic E-state index is 12.0. The van der Waals surface area contributed by atoms with Crippen LogP contribution in [-0.4, -0.2) is 41.0 Å². The molecular formula is C13H15BrN2O3. The van der Waals surface area contributed by atoms with Crippen LogP contribution in [-0.2, 0) is 9.59 Å². The van der Waals surface area contributed by atoms with Gasteiger partial charge in [-0.2, -0.15) is 0 Å². The van der Waals surface area contributed by atoms with Gasteiger partial charge in [-0.15, -0.1) is 0 Å². The number of benzene rings is 1. The van der Waals surface area contributed by atoms with Gasteiger partial charge in [-0.25, -0.2) is 0 Å². The lowest BCUT2D eigenvalue weighted by atomic mass is 10.2. The van der Waals surface area contributed by atoms with Gasteiger partial charge in [-0.1, -0.05) is 22.0 Å². The molecule has 1 fully saturated rings. The van der Waals surface area contributed by atoms with E-state index >= 15 is 0 Å². The van der Waals surface area contributed by atoms with Crippen molar-refractivity contribution in [2.75, 3.05) is 18.5 Å². The highest BCUT2D eigenvalue weighted by Crippen LogP contribution is 2.18. The van der Waals surface area contributed by atoms with Crippen LogP contribution in [0.4, 0.5) is 5.69 Å². The minimum atomic E-state index is -0.668. The molecule has 0 aliphatic carbocycles. The highest BCUT2D eigenvalue weighted by molar-refractivity contribution is 9.10. The molecule has 102 valence electrons. The molecule has 0 spiro atoms. The second kappa shape index (κ2) is 6.16. The van der Waals surface area contributed by atoms with E-state index in [2.05, 4.69) is 21.2 Å². The van der Waals surface area contributed by atoms with E-state index < -0.39 is 11.8 Å². The quantitative estimate of drug-likeness (QED) is 0.806. The van der Waals surface area contributed by atoms with E-state index in [4.69, 9.17) is 5.11 Å². The summed E-state index contributed by atoms with van der Waals surface area (Å²) in [6, 6.07) is 6.80. The van der Waals surface area contributed by atoms with Crippen molar-refractivity contribution in [3.05, 3.63) is 28.7 Å². The van der Waals surface area contributed by atoms with E-state index in [1.165, 1.54) is 4.90 Å². The number of likely N-dealkylation sites (tertiary alicyclic amines) is 1. The summed E-state index contributed by atoms with van der Waals surface area (Å²) in [5.41, 5.74) is 0.562. The lowest BCUT2D eigenvalue weighted by molar-refractivity contribution is -0.144. The molecule has 1 aromatic carbocycles. The molecule has 0 radical (unpaired) electrons. The summed E-state index contributed by atoms with van der Waals surface area (Å²) in [5, 5.41) is 11.7. The number of nitrogens with zero attached hydrogens (tertiary/aromatic N) is 1. The Hall–Kier alpha value is -1.40. The van der Waals surface area contributed by atoms with Gasteiger partial charge < -0.3 is 15.3 Å². The number of rotatable bonds is 2. The molecule has 0 bridgehead atoms. The van der Waals surface area contributed by atoms with Gasteiger partial charge in [-0.3, -0.25) is 9.59 Å². The Bertz CT molecular complexity index is 493. The fraction of sp³-hybridized carbons (Fsp3) is 0.385. The van der Waals surface area contributed by atoms with Crippen molar-refractivity contribution in [2.45, 2.75) is 18.9 Å². The third-order valence-electron chi connectivity index (χ3n) is 3.13. The fourth-order valence-corrected chi connectivity index (χ4v) is 2.57. The largest absolute Gasteiger partial charge is 0.394 e. The monoisotopic (exact) mass is 326 g/mol. The third-order valence-corrected chi connectivity index (χ3v) is 3.62. The van der Waals surface area contributed by atoms with Gasteiger partial charge in [0.05, 0.1) is 12.6 Å². The minimum Gasteiger partial charge on any atom is -0.394 e. The molecule has 2 amide bonds. The number of hydrogen-bond donors (Lipinski definition) is 2. The third kappa shape index (κ3) is 3.33. The zero-order chi connectivity index (χ0) is 13.8. The topological polar surface area (TPSA) is 69.6 Å². The van der Waals surface area contributed by atoms with Crippen LogP contribution in [0.25, 0.3) is 0 Å². The molecule has 0 aromatic heterocycles. The Morgan fingerprint density at radius 3 is 2.95 bits per heavy atom.